The highest BCUT2D eigenvalue weighted by Gasteiger charge is 2.34. The minimum Gasteiger partial charge on any atom is -0.478 e. The van der Waals surface area contributed by atoms with Crippen molar-refractivity contribution in [3.05, 3.63) is 23.8 Å². The molecule has 3 rings (SSSR count). The number of fused-ring (bicyclic) bond motifs is 1. The minimum absolute atomic E-state index is 0.0511. The van der Waals surface area contributed by atoms with Crippen LogP contribution in [-0.4, -0.2) is 36.8 Å². The van der Waals surface area contributed by atoms with Crippen molar-refractivity contribution < 1.29 is 19.1 Å². The zero-order chi connectivity index (χ0) is 17.8. The van der Waals surface area contributed by atoms with Crippen LogP contribution in [0, 0.1) is 0 Å². The van der Waals surface area contributed by atoms with Crippen LogP contribution >= 0.6 is 0 Å². The summed E-state index contributed by atoms with van der Waals surface area (Å²) in [4.78, 5) is 37.7. The van der Waals surface area contributed by atoms with Crippen molar-refractivity contribution in [2.45, 2.75) is 57.6 Å². The smallest absolute Gasteiger partial charge is 0.268 e. The number of aldehydes is 1. The number of carbonyl (C=O) groups excluding carboxylic acids is 3. The molecule has 6 nitrogen and oxygen atoms in total. The van der Waals surface area contributed by atoms with Crippen LogP contribution < -0.4 is 15.0 Å². The van der Waals surface area contributed by atoms with Gasteiger partial charge in [0.15, 0.2) is 6.10 Å². The third-order valence-electron chi connectivity index (χ3n) is 4.86. The average molecular weight is 344 g/mol. The summed E-state index contributed by atoms with van der Waals surface area (Å²) >= 11 is 0. The van der Waals surface area contributed by atoms with Gasteiger partial charge in [0, 0.05) is 11.6 Å². The quantitative estimate of drug-likeness (QED) is 0.833. The number of amides is 2. The van der Waals surface area contributed by atoms with E-state index < -0.39 is 6.10 Å². The molecule has 6 heteroatoms. The molecule has 1 heterocycles. The lowest BCUT2D eigenvalue weighted by Crippen LogP contribution is -2.51. The number of hydrogen-bond acceptors (Lipinski definition) is 4. The van der Waals surface area contributed by atoms with Crippen molar-refractivity contribution in [3.63, 3.8) is 0 Å². The number of carbonyl (C=O) groups is 3. The summed E-state index contributed by atoms with van der Waals surface area (Å²) < 4.78 is 5.72. The van der Waals surface area contributed by atoms with Crippen LogP contribution in [0.1, 0.15) is 55.8 Å². The lowest BCUT2D eigenvalue weighted by molar-refractivity contribution is -0.129. The van der Waals surface area contributed by atoms with Crippen LogP contribution in [0.25, 0.3) is 0 Å². The van der Waals surface area contributed by atoms with Crippen LogP contribution in [0.2, 0.25) is 0 Å². The standard InChI is InChI=1S/C19H24N2O4/c1-2-16-19(24)21(11-18(23)20-14-6-4-3-5-7-14)15-10-13(12-22)8-9-17(15)25-16/h8-10,12,14,16H,2-7,11H2,1H3,(H,20,23). The van der Waals surface area contributed by atoms with Crippen molar-refractivity contribution in [2.24, 2.45) is 0 Å². The lowest BCUT2D eigenvalue weighted by Gasteiger charge is -2.34. The van der Waals surface area contributed by atoms with Gasteiger partial charge in [0.05, 0.1) is 5.69 Å². The molecular weight excluding hydrogens is 320 g/mol. The predicted octanol–water partition coefficient (Wildman–Crippen LogP) is 2.45. The Morgan fingerprint density at radius 1 is 1.32 bits per heavy atom. The summed E-state index contributed by atoms with van der Waals surface area (Å²) in [5, 5.41) is 3.04. The van der Waals surface area contributed by atoms with E-state index in [9.17, 15) is 14.4 Å². The average Bonchev–Trinajstić information content (AvgIpc) is 2.64. The van der Waals surface area contributed by atoms with Crippen molar-refractivity contribution >= 4 is 23.8 Å². The maximum Gasteiger partial charge on any atom is 0.268 e. The van der Waals surface area contributed by atoms with Gasteiger partial charge in [-0.15, -0.1) is 0 Å². The van der Waals surface area contributed by atoms with Gasteiger partial charge in [-0.05, 0) is 37.5 Å². The monoisotopic (exact) mass is 344 g/mol. The van der Waals surface area contributed by atoms with E-state index in [-0.39, 0.29) is 24.4 Å². The topological polar surface area (TPSA) is 75.7 Å². The maximum absolute atomic E-state index is 12.7. The zero-order valence-corrected chi connectivity index (χ0v) is 14.5. The first-order valence-corrected chi connectivity index (χ1v) is 8.99. The molecule has 1 aliphatic heterocycles. The Bertz CT molecular complexity index is 667. The number of anilines is 1. The van der Waals surface area contributed by atoms with Crippen molar-refractivity contribution in [3.8, 4) is 5.75 Å². The van der Waals surface area contributed by atoms with Crippen LogP contribution in [0.3, 0.4) is 0 Å². The van der Waals surface area contributed by atoms with Gasteiger partial charge in [-0.1, -0.05) is 26.2 Å². The van der Waals surface area contributed by atoms with Gasteiger partial charge in [0.1, 0.15) is 18.6 Å². The molecule has 0 radical (unpaired) electrons. The highest BCUT2D eigenvalue weighted by atomic mass is 16.5. The van der Waals surface area contributed by atoms with Gasteiger partial charge < -0.3 is 10.1 Å². The summed E-state index contributed by atoms with van der Waals surface area (Å²) in [6.45, 7) is 1.82. The van der Waals surface area contributed by atoms with Crippen molar-refractivity contribution in [2.75, 3.05) is 11.4 Å². The van der Waals surface area contributed by atoms with E-state index in [0.717, 1.165) is 32.0 Å². The second-order valence-corrected chi connectivity index (χ2v) is 6.69. The Morgan fingerprint density at radius 2 is 2.08 bits per heavy atom. The molecule has 1 N–H and O–H groups in total. The van der Waals surface area contributed by atoms with E-state index in [1.54, 1.807) is 18.2 Å². The molecular formula is C19H24N2O4. The fraction of sp³-hybridized carbons (Fsp3) is 0.526. The molecule has 1 saturated carbocycles. The van der Waals surface area contributed by atoms with Crippen LogP contribution in [0.15, 0.2) is 18.2 Å². The minimum atomic E-state index is -0.600. The van der Waals surface area contributed by atoms with E-state index in [1.807, 2.05) is 6.92 Å². The molecule has 0 bridgehead atoms. The number of hydrogen-bond donors (Lipinski definition) is 1. The summed E-state index contributed by atoms with van der Waals surface area (Å²) in [5.74, 6) is 0.124. The van der Waals surface area contributed by atoms with Crippen LogP contribution in [-0.2, 0) is 9.59 Å². The summed E-state index contributed by atoms with van der Waals surface area (Å²) in [5.41, 5.74) is 0.931. The maximum atomic E-state index is 12.7. The Kier molecular flexibility index (Phi) is 5.36. The molecule has 134 valence electrons. The zero-order valence-electron chi connectivity index (χ0n) is 14.5. The van der Waals surface area contributed by atoms with Gasteiger partial charge >= 0.3 is 0 Å². The Labute approximate surface area is 147 Å². The molecule has 1 fully saturated rings. The highest BCUT2D eigenvalue weighted by molar-refractivity contribution is 6.04. The lowest BCUT2D eigenvalue weighted by atomic mass is 9.95. The molecule has 25 heavy (non-hydrogen) atoms. The number of benzene rings is 1. The van der Waals surface area contributed by atoms with E-state index in [1.165, 1.54) is 11.3 Å². The fourth-order valence-corrected chi connectivity index (χ4v) is 3.50. The van der Waals surface area contributed by atoms with Crippen molar-refractivity contribution in [1.29, 1.82) is 0 Å². The second kappa shape index (κ2) is 7.68. The molecule has 0 saturated heterocycles. The van der Waals surface area contributed by atoms with Gasteiger partial charge in [0.2, 0.25) is 5.91 Å². The molecule has 1 aliphatic carbocycles. The number of ether oxygens (including phenoxy) is 1. The summed E-state index contributed by atoms with van der Waals surface area (Å²) in [6.07, 6.45) is 6.10. The first-order valence-electron chi connectivity index (χ1n) is 8.99. The molecule has 2 amide bonds. The highest BCUT2D eigenvalue weighted by Crippen LogP contribution is 2.35. The number of nitrogens with zero attached hydrogens (tertiary/aromatic N) is 1. The van der Waals surface area contributed by atoms with Crippen LogP contribution in [0.4, 0.5) is 5.69 Å². The molecule has 1 aromatic carbocycles. The van der Waals surface area contributed by atoms with E-state index >= 15 is 0 Å². The van der Waals surface area contributed by atoms with Gasteiger partial charge in [-0.2, -0.15) is 0 Å². The first kappa shape index (κ1) is 17.5. The van der Waals surface area contributed by atoms with E-state index in [4.69, 9.17) is 4.74 Å². The normalized spacial score (nSPS) is 20.6. The molecule has 0 spiro atoms. The molecule has 2 aliphatic rings. The Hall–Kier alpha value is -2.37. The Morgan fingerprint density at radius 3 is 2.76 bits per heavy atom. The molecule has 1 atom stereocenters. The molecule has 1 aromatic rings. The molecule has 0 aromatic heterocycles. The van der Waals surface area contributed by atoms with E-state index in [0.29, 0.717) is 23.4 Å². The van der Waals surface area contributed by atoms with Gasteiger partial charge in [0.25, 0.3) is 5.91 Å². The third kappa shape index (κ3) is 3.83. The van der Waals surface area contributed by atoms with Crippen LogP contribution in [0.5, 0.6) is 5.75 Å². The largest absolute Gasteiger partial charge is 0.478 e. The Balaban J connectivity index is 1.79. The number of nitrogens with one attached hydrogen (secondary N) is 1. The van der Waals surface area contributed by atoms with E-state index in [2.05, 4.69) is 5.32 Å². The predicted molar refractivity (Wildman–Crippen MR) is 93.9 cm³/mol. The van der Waals surface area contributed by atoms with Gasteiger partial charge in [-0.25, -0.2) is 0 Å². The van der Waals surface area contributed by atoms with Gasteiger partial charge in [-0.3, -0.25) is 19.3 Å². The SMILES string of the molecule is CCC1Oc2ccc(C=O)cc2N(CC(=O)NC2CCCCC2)C1=O. The third-order valence-corrected chi connectivity index (χ3v) is 4.86. The van der Waals surface area contributed by atoms with Crippen molar-refractivity contribution in [1.82, 2.24) is 5.32 Å². The number of rotatable bonds is 5. The second-order valence-electron chi connectivity index (χ2n) is 6.69. The summed E-state index contributed by atoms with van der Waals surface area (Å²) in [7, 11) is 0. The first-order chi connectivity index (χ1) is 12.1. The fourth-order valence-electron chi connectivity index (χ4n) is 3.50. The molecule has 1 unspecified atom stereocenters. The summed E-state index contributed by atoms with van der Waals surface area (Å²) in [6, 6.07) is 5.12.